The molecular weight excluding hydrogens is 440 g/mol. The maximum Gasteiger partial charge on any atom is 0.157 e. The lowest BCUT2D eigenvalue weighted by Crippen LogP contribution is -2.39. The third-order valence-corrected chi connectivity index (χ3v) is 7.14. The molecule has 0 amide bonds. The van der Waals surface area contributed by atoms with E-state index in [-0.39, 0.29) is 11.9 Å². The van der Waals surface area contributed by atoms with E-state index in [1.807, 2.05) is 18.2 Å². The highest BCUT2D eigenvalue weighted by Gasteiger charge is 2.26. The summed E-state index contributed by atoms with van der Waals surface area (Å²) < 4.78 is 49.7. The molecule has 0 spiro atoms. The summed E-state index contributed by atoms with van der Waals surface area (Å²) in [6, 6.07) is 12.8. The van der Waals surface area contributed by atoms with Gasteiger partial charge in [0, 0.05) is 36.6 Å². The van der Waals surface area contributed by atoms with Crippen LogP contribution in [0.15, 0.2) is 58.3 Å². The van der Waals surface area contributed by atoms with E-state index in [1.54, 1.807) is 5.38 Å². The molecule has 164 valence electrons. The van der Waals surface area contributed by atoms with Crippen LogP contribution in [0.4, 0.5) is 14.6 Å². The van der Waals surface area contributed by atoms with Gasteiger partial charge in [0.05, 0.1) is 5.51 Å². The molecule has 9 heteroatoms. The number of rotatable bonds is 7. The van der Waals surface area contributed by atoms with Crippen LogP contribution in [0.3, 0.4) is 0 Å². The fourth-order valence-corrected chi connectivity index (χ4v) is 5.14. The molecule has 2 atom stereocenters. The Labute approximate surface area is 186 Å². The third-order valence-electron chi connectivity index (χ3n) is 5.40. The maximum atomic E-state index is 14.5. The Morgan fingerprint density at radius 3 is 2.48 bits per heavy atom. The van der Waals surface area contributed by atoms with Crippen molar-refractivity contribution in [1.29, 1.82) is 0 Å². The van der Waals surface area contributed by atoms with Gasteiger partial charge in [-0.15, -0.1) is 11.3 Å². The van der Waals surface area contributed by atoms with Crippen molar-refractivity contribution in [2.24, 2.45) is 0 Å². The number of halogens is 2. The SMILES string of the molecule is CC(c1ccccc1)N1CCC(Oc2cc(F)c(S(=O)Nc3cscn3)c(F)c2)CC1. The molecule has 0 aliphatic carbocycles. The second kappa shape index (κ2) is 9.84. The zero-order valence-corrected chi connectivity index (χ0v) is 18.6. The fraction of sp³-hybridized carbons (Fsp3) is 0.318. The number of aromatic nitrogens is 1. The predicted octanol–water partition coefficient (Wildman–Crippen LogP) is 5.16. The maximum absolute atomic E-state index is 14.5. The van der Waals surface area contributed by atoms with E-state index in [0.29, 0.717) is 11.9 Å². The molecule has 1 aliphatic rings. The predicted molar refractivity (Wildman–Crippen MR) is 119 cm³/mol. The van der Waals surface area contributed by atoms with Crippen molar-refractivity contribution in [2.45, 2.75) is 36.8 Å². The van der Waals surface area contributed by atoms with Crippen LogP contribution < -0.4 is 9.46 Å². The molecule has 1 fully saturated rings. The second-order valence-corrected chi connectivity index (χ2v) is 9.27. The molecule has 2 heterocycles. The monoisotopic (exact) mass is 463 g/mol. The van der Waals surface area contributed by atoms with Gasteiger partial charge in [0.1, 0.15) is 34.2 Å². The number of nitrogens with one attached hydrogen (secondary N) is 1. The van der Waals surface area contributed by atoms with Gasteiger partial charge >= 0.3 is 0 Å². The molecule has 3 aromatic rings. The number of piperidine rings is 1. The molecule has 4 rings (SSSR count). The average Bonchev–Trinajstić information content (AvgIpc) is 3.27. The smallest absolute Gasteiger partial charge is 0.157 e. The highest BCUT2D eigenvalue weighted by molar-refractivity contribution is 7.86. The van der Waals surface area contributed by atoms with E-state index in [4.69, 9.17) is 4.74 Å². The number of benzene rings is 2. The van der Waals surface area contributed by atoms with Crippen molar-refractivity contribution in [1.82, 2.24) is 9.88 Å². The lowest BCUT2D eigenvalue weighted by molar-refractivity contribution is 0.0792. The summed E-state index contributed by atoms with van der Waals surface area (Å²) in [4.78, 5) is 5.76. The minimum Gasteiger partial charge on any atom is -0.490 e. The van der Waals surface area contributed by atoms with E-state index in [0.717, 1.165) is 38.1 Å². The molecule has 0 saturated carbocycles. The van der Waals surface area contributed by atoms with Gasteiger partial charge in [0.25, 0.3) is 0 Å². The number of ether oxygens (including phenoxy) is 1. The van der Waals surface area contributed by atoms with E-state index >= 15 is 0 Å². The Morgan fingerprint density at radius 1 is 1.19 bits per heavy atom. The number of hydrogen-bond donors (Lipinski definition) is 1. The second-order valence-electron chi connectivity index (χ2n) is 7.40. The van der Waals surface area contributed by atoms with Gasteiger partial charge in [0.15, 0.2) is 11.0 Å². The van der Waals surface area contributed by atoms with Gasteiger partial charge in [-0.3, -0.25) is 9.62 Å². The summed E-state index contributed by atoms with van der Waals surface area (Å²) in [5.41, 5.74) is 2.80. The molecule has 0 radical (unpaired) electrons. The molecule has 1 N–H and O–H groups in total. The van der Waals surface area contributed by atoms with Crippen molar-refractivity contribution < 1.29 is 17.7 Å². The van der Waals surface area contributed by atoms with Crippen LogP contribution in [0.2, 0.25) is 0 Å². The molecule has 0 bridgehead atoms. The van der Waals surface area contributed by atoms with Crippen LogP contribution >= 0.6 is 11.3 Å². The Bertz CT molecular complexity index is 1000. The van der Waals surface area contributed by atoms with Crippen molar-refractivity contribution in [3.8, 4) is 5.75 Å². The Kier molecular flexibility index (Phi) is 6.94. The minimum atomic E-state index is -2.10. The van der Waals surface area contributed by atoms with E-state index in [9.17, 15) is 13.0 Å². The van der Waals surface area contributed by atoms with Gasteiger partial charge < -0.3 is 4.74 Å². The van der Waals surface area contributed by atoms with E-state index in [2.05, 4.69) is 33.7 Å². The Hall–Kier alpha value is -2.36. The molecule has 2 unspecified atom stereocenters. The minimum absolute atomic E-state index is 0.110. The topological polar surface area (TPSA) is 54.5 Å². The number of nitrogens with zero attached hydrogens (tertiary/aromatic N) is 2. The molecule has 1 saturated heterocycles. The number of hydrogen-bond acceptors (Lipinski definition) is 5. The number of likely N-dealkylation sites (tertiary alicyclic amines) is 1. The molecular formula is C22H23F2N3O2S2. The first-order valence-electron chi connectivity index (χ1n) is 10.0. The van der Waals surface area contributed by atoms with Gasteiger partial charge in [-0.05, 0) is 25.3 Å². The standard InChI is InChI=1S/C22H23F2N3O2S2/c1-15(16-5-3-2-4-6-16)27-9-7-17(8-10-27)29-18-11-19(23)22(20(24)12-18)31(28)26-21-13-30-14-25-21/h2-6,11-15,17,26H,7-10H2,1H3. The normalized spacial score (nSPS) is 17.3. The zero-order chi connectivity index (χ0) is 21.8. The summed E-state index contributed by atoms with van der Waals surface area (Å²) in [6.07, 6.45) is 1.40. The van der Waals surface area contributed by atoms with Crippen molar-refractivity contribution in [2.75, 3.05) is 17.8 Å². The highest BCUT2D eigenvalue weighted by Crippen LogP contribution is 2.29. The first kappa shape index (κ1) is 21.9. The molecule has 31 heavy (non-hydrogen) atoms. The van der Waals surface area contributed by atoms with Crippen molar-refractivity contribution in [3.63, 3.8) is 0 Å². The van der Waals surface area contributed by atoms with Gasteiger partial charge in [0.2, 0.25) is 0 Å². The Morgan fingerprint density at radius 2 is 1.87 bits per heavy atom. The van der Waals surface area contributed by atoms with Gasteiger partial charge in [-0.2, -0.15) is 0 Å². The average molecular weight is 464 g/mol. The molecule has 1 aromatic heterocycles. The summed E-state index contributed by atoms with van der Waals surface area (Å²) in [7, 11) is -2.10. The highest BCUT2D eigenvalue weighted by atomic mass is 32.2. The van der Waals surface area contributed by atoms with Crippen LogP contribution in [-0.4, -0.2) is 33.3 Å². The Balaban J connectivity index is 1.36. The van der Waals surface area contributed by atoms with Crippen molar-refractivity contribution in [3.05, 3.63) is 70.6 Å². The van der Waals surface area contributed by atoms with Crippen LogP contribution in [0.25, 0.3) is 0 Å². The lowest BCUT2D eigenvalue weighted by Gasteiger charge is -2.36. The van der Waals surface area contributed by atoms with Crippen LogP contribution in [0.5, 0.6) is 5.75 Å². The molecule has 2 aromatic carbocycles. The molecule has 1 aliphatic heterocycles. The van der Waals surface area contributed by atoms with Crippen LogP contribution in [-0.2, 0) is 11.0 Å². The summed E-state index contributed by atoms with van der Waals surface area (Å²) in [5.74, 6) is -1.41. The number of thiazole rings is 1. The van der Waals surface area contributed by atoms with E-state index < -0.39 is 27.5 Å². The summed E-state index contributed by atoms with van der Waals surface area (Å²) in [6.45, 7) is 3.86. The quantitative estimate of drug-likeness (QED) is 0.526. The van der Waals surface area contributed by atoms with Crippen molar-refractivity contribution >= 4 is 28.1 Å². The number of anilines is 1. The summed E-state index contributed by atoms with van der Waals surface area (Å²) >= 11 is 1.29. The lowest BCUT2D eigenvalue weighted by atomic mass is 10.0. The molecule has 5 nitrogen and oxygen atoms in total. The van der Waals surface area contributed by atoms with Gasteiger partial charge in [-0.25, -0.2) is 18.0 Å². The largest absolute Gasteiger partial charge is 0.490 e. The first-order valence-corrected chi connectivity index (χ1v) is 12.1. The van der Waals surface area contributed by atoms with Gasteiger partial charge in [-0.1, -0.05) is 30.3 Å². The fourth-order valence-electron chi connectivity index (χ4n) is 3.71. The first-order chi connectivity index (χ1) is 15.0. The zero-order valence-electron chi connectivity index (χ0n) is 17.0. The summed E-state index contributed by atoms with van der Waals surface area (Å²) in [5, 5.41) is 1.61. The van der Waals surface area contributed by atoms with E-state index in [1.165, 1.54) is 22.4 Å². The van der Waals surface area contributed by atoms with Crippen LogP contribution in [0.1, 0.15) is 31.4 Å². The van der Waals surface area contributed by atoms with Crippen LogP contribution in [0, 0.1) is 11.6 Å². The third kappa shape index (κ3) is 5.28.